The molecule has 62 valence electrons. The third-order valence-electron chi connectivity index (χ3n) is 1.43. The van der Waals surface area contributed by atoms with Gasteiger partial charge in [0.15, 0.2) is 0 Å². The normalized spacial score (nSPS) is 10.4. The molecule has 0 spiro atoms. The molecular weight excluding hydrogens is 172 g/mol. The molecule has 0 fully saturated rings. The lowest BCUT2D eigenvalue weighted by atomic mass is 10.6. The van der Waals surface area contributed by atoms with Crippen LogP contribution in [0.4, 0.5) is 5.95 Å². The Labute approximate surface area is 73.7 Å². The quantitative estimate of drug-likeness (QED) is 0.761. The number of hydrogen-bond acceptors (Lipinski definition) is 5. The van der Waals surface area contributed by atoms with Crippen molar-refractivity contribution in [3.05, 3.63) is 11.7 Å². The van der Waals surface area contributed by atoms with Gasteiger partial charge in [-0.3, -0.25) is 0 Å². The Bertz CT molecular complexity index is 384. The molecule has 0 aliphatic heterocycles. The van der Waals surface area contributed by atoms with Gasteiger partial charge in [0.05, 0.1) is 11.7 Å². The Morgan fingerprint density at radius 2 is 2.42 bits per heavy atom. The van der Waals surface area contributed by atoms with Crippen molar-refractivity contribution in [1.29, 1.82) is 0 Å². The molecule has 0 unspecified atom stereocenters. The minimum atomic E-state index is 0.675. The Hall–Kier alpha value is -1.23. The summed E-state index contributed by atoms with van der Waals surface area (Å²) in [4.78, 5) is 13.4. The van der Waals surface area contributed by atoms with E-state index >= 15 is 0 Å². The summed E-state index contributed by atoms with van der Waals surface area (Å²) in [5, 5.41) is 3.05. The third-order valence-corrected chi connectivity index (χ3v) is 2.16. The van der Waals surface area contributed by atoms with E-state index < -0.39 is 0 Å². The van der Waals surface area contributed by atoms with E-state index in [1.54, 1.807) is 11.7 Å². The van der Waals surface area contributed by atoms with Crippen molar-refractivity contribution < 1.29 is 0 Å². The molecule has 0 radical (unpaired) electrons. The Balaban J connectivity index is 2.46. The molecule has 2 heterocycles. The summed E-state index contributed by atoms with van der Waals surface area (Å²) in [6, 6.07) is 0. The van der Waals surface area contributed by atoms with Crippen LogP contribution >= 0.6 is 11.3 Å². The van der Waals surface area contributed by atoms with Gasteiger partial charge in [0.1, 0.15) is 10.3 Å². The van der Waals surface area contributed by atoms with Crippen LogP contribution in [0.3, 0.4) is 0 Å². The summed E-state index contributed by atoms with van der Waals surface area (Å²) in [7, 11) is 0. The second kappa shape index (κ2) is 3.02. The lowest BCUT2D eigenvalue weighted by Crippen LogP contribution is -2.00. The summed E-state index contributed by atoms with van der Waals surface area (Å²) in [6.45, 7) is 2.85. The molecule has 0 aliphatic rings. The molecule has 12 heavy (non-hydrogen) atoms. The summed E-state index contributed by atoms with van der Waals surface area (Å²) < 4.78 is 0. The van der Waals surface area contributed by atoms with Gasteiger partial charge in [-0.05, 0) is 6.92 Å². The zero-order chi connectivity index (χ0) is 8.39. The molecule has 0 saturated heterocycles. The van der Waals surface area contributed by atoms with Gasteiger partial charge in [-0.25, -0.2) is 15.0 Å². The molecule has 2 rings (SSSR count). The molecule has 0 aliphatic carbocycles. The van der Waals surface area contributed by atoms with Crippen molar-refractivity contribution in [1.82, 2.24) is 15.0 Å². The molecule has 0 atom stereocenters. The molecule has 2 aromatic heterocycles. The highest BCUT2D eigenvalue weighted by Crippen LogP contribution is 2.14. The molecule has 0 saturated carbocycles. The maximum atomic E-state index is 4.26. The maximum absolute atomic E-state index is 4.26. The Kier molecular flexibility index (Phi) is 1.87. The molecule has 0 amide bonds. The van der Waals surface area contributed by atoms with Gasteiger partial charge >= 0.3 is 0 Å². The van der Waals surface area contributed by atoms with Gasteiger partial charge in [-0.15, -0.1) is 11.3 Å². The van der Waals surface area contributed by atoms with Gasteiger partial charge in [0.25, 0.3) is 0 Å². The number of anilines is 1. The van der Waals surface area contributed by atoms with Crippen LogP contribution in [0.15, 0.2) is 11.7 Å². The van der Waals surface area contributed by atoms with E-state index in [0.29, 0.717) is 5.95 Å². The SMILES string of the molecule is CCNc1ncc2ncsc2n1. The number of rotatable bonds is 2. The number of hydrogen-bond donors (Lipinski definition) is 1. The van der Waals surface area contributed by atoms with Crippen LogP contribution in [0.5, 0.6) is 0 Å². The lowest BCUT2D eigenvalue weighted by Gasteiger charge is -1.98. The minimum Gasteiger partial charge on any atom is -0.354 e. The van der Waals surface area contributed by atoms with E-state index in [9.17, 15) is 0 Å². The average Bonchev–Trinajstić information content (AvgIpc) is 2.51. The van der Waals surface area contributed by atoms with Crippen molar-refractivity contribution >= 4 is 27.6 Å². The van der Waals surface area contributed by atoms with Gasteiger partial charge < -0.3 is 5.32 Å². The van der Waals surface area contributed by atoms with Crippen LogP contribution in [-0.2, 0) is 0 Å². The van der Waals surface area contributed by atoms with E-state index in [4.69, 9.17) is 0 Å². The van der Waals surface area contributed by atoms with Gasteiger partial charge in [-0.2, -0.15) is 0 Å². The summed E-state index contributed by atoms with van der Waals surface area (Å²) in [5.74, 6) is 0.675. The predicted octanol–water partition coefficient (Wildman–Crippen LogP) is 1.52. The smallest absolute Gasteiger partial charge is 0.224 e. The number of fused-ring (bicyclic) bond motifs is 1. The monoisotopic (exact) mass is 180 g/mol. The van der Waals surface area contributed by atoms with Crippen molar-refractivity contribution in [2.75, 3.05) is 11.9 Å². The summed E-state index contributed by atoms with van der Waals surface area (Å²) in [5.41, 5.74) is 2.64. The summed E-state index contributed by atoms with van der Waals surface area (Å²) in [6.07, 6.45) is 1.73. The first-order chi connectivity index (χ1) is 5.90. The lowest BCUT2D eigenvalue weighted by molar-refractivity contribution is 1.11. The van der Waals surface area contributed by atoms with E-state index in [2.05, 4.69) is 20.3 Å². The molecule has 2 aromatic rings. The zero-order valence-corrected chi connectivity index (χ0v) is 7.43. The van der Waals surface area contributed by atoms with Crippen LogP contribution in [0.1, 0.15) is 6.92 Å². The second-order valence-electron chi connectivity index (χ2n) is 2.27. The first kappa shape index (κ1) is 7.42. The van der Waals surface area contributed by atoms with Crippen LogP contribution < -0.4 is 5.32 Å². The zero-order valence-electron chi connectivity index (χ0n) is 6.61. The maximum Gasteiger partial charge on any atom is 0.224 e. The van der Waals surface area contributed by atoms with E-state index in [1.807, 2.05) is 6.92 Å². The Morgan fingerprint density at radius 1 is 1.50 bits per heavy atom. The fourth-order valence-electron chi connectivity index (χ4n) is 0.911. The predicted molar refractivity (Wildman–Crippen MR) is 49.4 cm³/mol. The van der Waals surface area contributed by atoms with Crippen molar-refractivity contribution in [2.45, 2.75) is 6.92 Å². The van der Waals surface area contributed by atoms with Crippen molar-refractivity contribution in [3.63, 3.8) is 0 Å². The van der Waals surface area contributed by atoms with Crippen LogP contribution in [0.2, 0.25) is 0 Å². The van der Waals surface area contributed by atoms with Crippen molar-refractivity contribution in [3.8, 4) is 0 Å². The van der Waals surface area contributed by atoms with E-state index in [-0.39, 0.29) is 0 Å². The van der Waals surface area contributed by atoms with E-state index in [0.717, 1.165) is 16.9 Å². The minimum absolute atomic E-state index is 0.675. The summed E-state index contributed by atoms with van der Waals surface area (Å²) >= 11 is 1.53. The molecule has 0 bridgehead atoms. The first-order valence-corrected chi connectivity index (χ1v) is 4.58. The van der Waals surface area contributed by atoms with Crippen LogP contribution in [0, 0.1) is 0 Å². The standard InChI is InChI=1S/C7H8N4S/c1-2-8-7-9-3-5-6(11-7)12-4-10-5/h3-4H,2H2,1H3,(H,8,9,11). The van der Waals surface area contributed by atoms with Crippen LogP contribution in [-0.4, -0.2) is 21.5 Å². The number of nitrogens with one attached hydrogen (secondary N) is 1. The highest BCUT2D eigenvalue weighted by atomic mass is 32.1. The van der Waals surface area contributed by atoms with E-state index in [1.165, 1.54) is 11.3 Å². The molecular formula is C7H8N4S. The van der Waals surface area contributed by atoms with Crippen LogP contribution in [0.25, 0.3) is 10.3 Å². The third kappa shape index (κ3) is 1.23. The molecule has 1 N–H and O–H groups in total. The van der Waals surface area contributed by atoms with Gasteiger partial charge in [0, 0.05) is 6.54 Å². The Morgan fingerprint density at radius 3 is 3.25 bits per heavy atom. The largest absolute Gasteiger partial charge is 0.354 e. The van der Waals surface area contributed by atoms with Crippen molar-refractivity contribution in [2.24, 2.45) is 0 Å². The van der Waals surface area contributed by atoms with Gasteiger partial charge in [0.2, 0.25) is 5.95 Å². The van der Waals surface area contributed by atoms with Gasteiger partial charge in [-0.1, -0.05) is 0 Å². The second-order valence-corrected chi connectivity index (χ2v) is 3.10. The molecule has 4 nitrogen and oxygen atoms in total. The first-order valence-electron chi connectivity index (χ1n) is 3.70. The number of thiazole rings is 1. The highest BCUT2D eigenvalue weighted by molar-refractivity contribution is 7.16. The highest BCUT2D eigenvalue weighted by Gasteiger charge is 1.99. The molecule has 0 aromatic carbocycles. The fraction of sp³-hybridized carbons (Fsp3) is 0.286. The molecule has 5 heteroatoms. The number of nitrogens with zero attached hydrogens (tertiary/aromatic N) is 3. The fourth-order valence-corrected chi connectivity index (χ4v) is 1.54. The topological polar surface area (TPSA) is 50.7 Å². The number of aromatic nitrogens is 3. The average molecular weight is 180 g/mol.